The maximum absolute atomic E-state index is 13.8. The van der Waals surface area contributed by atoms with Gasteiger partial charge in [0.1, 0.15) is 17.4 Å². The number of nitrogens with zero attached hydrogens (tertiary/aromatic N) is 1. The topological polar surface area (TPSA) is 52.3 Å². The zero-order chi connectivity index (χ0) is 18.7. The van der Waals surface area contributed by atoms with Crippen LogP contribution in [0.1, 0.15) is 12.3 Å². The number of hydrogen-bond donors (Lipinski definition) is 0. The number of ether oxygens (including phenoxy) is 1. The lowest BCUT2D eigenvalue weighted by Crippen LogP contribution is -2.09. The van der Waals surface area contributed by atoms with E-state index in [4.69, 9.17) is 20.8 Å². The summed E-state index contributed by atoms with van der Waals surface area (Å²) in [6, 6.07) is 8.04. The van der Waals surface area contributed by atoms with E-state index in [0.29, 0.717) is 5.02 Å². The van der Waals surface area contributed by atoms with Crippen LogP contribution in [0.5, 0.6) is 5.75 Å². The van der Waals surface area contributed by atoms with Gasteiger partial charge in [0.25, 0.3) is 0 Å². The van der Waals surface area contributed by atoms with Crippen LogP contribution >= 0.6 is 27.5 Å². The Bertz CT molecular complexity index is 961. The fourth-order valence-corrected chi connectivity index (χ4v) is 2.89. The van der Waals surface area contributed by atoms with Gasteiger partial charge in [0, 0.05) is 17.0 Å². The minimum atomic E-state index is -0.753. The normalized spacial score (nSPS) is 10.8. The van der Waals surface area contributed by atoms with Crippen molar-refractivity contribution in [1.29, 1.82) is 0 Å². The Morgan fingerprint density at radius 2 is 2.04 bits per heavy atom. The number of aryl methyl sites for hydroxylation is 1. The van der Waals surface area contributed by atoms with E-state index < -0.39 is 17.6 Å². The first kappa shape index (κ1) is 18.5. The molecule has 3 aromatic rings. The largest absolute Gasteiger partial charge is 0.441 e. The van der Waals surface area contributed by atoms with Gasteiger partial charge in [0.15, 0.2) is 11.7 Å². The van der Waals surface area contributed by atoms with Crippen molar-refractivity contribution in [2.45, 2.75) is 12.8 Å². The smallest absolute Gasteiger partial charge is 0.311 e. The third kappa shape index (κ3) is 4.47. The molecule has 134 valence electrons. The van der Waals surface area contributed by atoms with Crippen LogP contribution in [0, 0.1) is 11.6 Å². The summed E-state index contributed by atoms with van der Waals surface area (Å²) in [4.78, 5) is 15.9. The lowest BCUT2D eigenvalue weighted by Gasteiger charge is -2.05. The molecule has 0 atom stereocenters. The van der Waals surface area contributed by atoms with E-state index in [-0.39, 0.29) is 35.8 Å². The van der Waals surface area contributed by atoms with Crippen molar-refractivity contribution in [3.63, 3.8) is 0 Å². The van der Waals surface area contributed by atoms with Gasteiger partial charge in [-0.2, -0.15) is 0 Å². The van der Waals surface area contributed by atoms with Crippen LogP contribution in [-0.4, -0.2) is 11.0 Å². The molecule has 1 aromatic heterocycles. The number of carbonyl (C=O) groups is 1. The third-order valence-electron chi connectivity index (χ3n) is 3.41. The molecule has 0 radical (unpaired) electrons. The predicted molar refractivity (Wildman–Crippen MR) is 95.0 cm³/mol. The summed E-state index contributed by atoms with van der Waals surface area (Å²) < 4.78 is 38.1. The average molecular weight is 443 g/mol. The van der Waals surface area contributed by atoms with Gasteiger partial charge in [-0.15, -0.1) is 0 Å². The van der Waals surface area contributed by atoms with Gasteiger partial charge in [0.2, 0.25) is 0 Å². The van der Waals surface area contributed by atoms with E-state index in [1.807, 2.05) is 0 Å². The van der Waals surface area contributed by atoms with E-state index in [1.54, 1.807) is 18.2 Å². The number of carbonyl (C=O) groups excluding carboxylic acids is 1. The molecule has 0 unspecified atom stereocenters. The fourth-order valence-electron chi connectivity index (χ4n) is 2.18. The first-order valence-electron chi connectivity index (χ1n) is 7.48. The van der Waals surface area contributed by atoms with Crippen LogP contribution in [-0.2, 0) is 11.2 Å². The SMILES string of the molecule is O=C(CCc1ncc(-c2ccc(F)cc2F)o1)Oc1ccc(Br)cc1Cl. The van der Waals surface area contributed by atoms with Crippen LogP contribution < -0.4 is 4.74 Å². The van der Waals surface area contributed by atoms with Gasteiger partial charge < -0.3 is 9.15 Å². The molecule has 8 heteroatoms. The van der Waals surface area contributed by atoms with Crippen LogP contribution in [0.25, 0.3) is 11.3 Å². The van der Waals surface area contributed by atoms with Gasteiger partial charge in [0.05, 0.1) is 23.2 Å². The molecule has 0 aliphatic heterocycles. The molecule has 0 N–H and O–H groups in total. The highest BCUT2D eigenvalue weighted by atomic mass is 79.9. The molecular weight excluding hydrogens is 432 g/mol. The number of oxazole rings is 1. The second-order valence-corrected chi connectivity index (χ2v) is 6.61. The lowest BCUT2D eigenvalue weighted by molar-refractivity contribution is -0.134. The molecule has 0 aliphatic carbocycles. The summed E-state index contributed by atoms with van der Waals surface area (Å²) in [7, 11) is 0. The molecular formula is C18H11BrClF2NO3. The average Bonchev–Trinajstić information content (AvgIpc) is 3.04. The molecule has 0 saturated heterocycles. The second-order valence-electron chi connectivity index (χ2n) is 5.29. The number of halogens is 4. The highest BCUT2D eigenvalue weighted by Gasteiger charge is 2.14. The zero-order valence-corrected chi connectivity index (χ0v) is 15.5. The third-order valence-corrected chi connectivity index (χ3v) is 4.20. The van der Waals surface area contributed by atoms with Crippen molar-refractivity contribution < 1.29 is 22.7 Å². The first-order chi connectivity index (χ1) is 12.4. The number of rotatable bonds is 5. The minimum Gasteiger partial charge on any atom is -0.441 e. The molecule has 0 aliphatic rings. The summed E-state index contributed by atoms with van der Waals surface area (Å²) in [5.74, 6) is -1.30. The van der Waals surface area contributed by atoms with E-state index in [0.717, 1.165) is 16.6 Å². The monoisotopic (exact) mass is 441 g/mol. The maximum Gasteiger partial charge on any atom is 0.311 e. The van der Waals surface area contributed by atoms with Crippen molar-refractivity contribution in [2.75, 3.05) is 0 Å². The van der Waals surface area contributed by atoms with Crippen molar-refractivity contribution in [3.8, 4) is 17.1 Å². The Hall–Kier alpha value is -2.25. The second kappa shape index (κ2) is 7.97. The van der Waals surface area contributed by atoms with Crippen molar-refractivity contribution in [3.05, 3.63) is 69.6 Å². The maximum atomic E-state index is 13.8. The zero-order valence-electron chi connectivity index (χ0n) is 13.1. The Labute approximate surface area is 160 Å². The number of benzene rings is 2. The van der Waals surface area contributed by atoms with E-state index in [9.17, 15) is 13.6 Å². The first-order valence-corrected chi connectivity index (χ1v) is 8.65. The van der Waals surface area contributed by atoms with E-state index in [2.05, 4.69) is 20.9 Å². The molecule has 26 heavy (non-hydrogen) atoms. The number of hydrogen-bond acceptors (Lipinski definition) is 4. The number of aromatic nitrogens is 1. The fraction of sp³-hybridized carbons (Fsp3) is 0.111. The van der Waals surface area contributed by atoms with Gasteiger partial charge >= 0.3 is 5.97 Å². The highest BCUT2D eigenvalue weighted by molar-refractivity contribution is 9.10. The van der Waals surface area contributed by atoms with Crippen molar-refractivity contribution in [1.82, 2.24) is 4.98 Å². The van der Waals surface area contributed by atoms with Crippen molar-refractivity contribution >= 4 is 33.5 Å². The summed E-state index contributed by atoms with van der Waals surface area (Å²) in [6.45, 7) is 0. The Morgan fingerprint density at radius 1 is 1.23 bits per heavy atom. The molecule has 3 rings (SSSR count). The van der Waals surface area contributed by atoms with Crippen LogP contribution in [0.4, 0.5) is 8.78 Å². The number of esters is 1. The van der Waals surface area contributed by atoms with Gasteiger partial charge in [-0.25, -0.2) is 13.8 Å². The predicted octanol–water partition coefficient (Wildman–Crippen LogP) is 5.57. The Morgan fingerprint density at radius 3 is 2.77 bits per heavy atom. The molecule has 4 nitrogen and oxygen atoms in total. The summed E-state index contributed by atoms with van der Waals surface area (Å²) in [5, 5.41) is 0.304. The summed E-state index contributed by atoms with van der Waals surface area (Å²) in [6.07, 6.45) is 1.48. The summed E-state index contributed by atoms with van der Waals surface area (Å²) >= 11 is 9.25. The standard InChI is InChI=1S/C18H11BrClF2NO3/c19-10-1-4-15(13(20)7-10)26-18(24)6-5-17-23-9-16(25-17)12-3-2-11(21)8-14(12)22/h1-4,7-9H,5-6H2. The molecule has 2 aromatic carbocycles. The van der Waals surface area contributed by atoms with Gasteiger partial charge in [-0.05, 0) is 30.3 Å². The molecule has 0 bridgehead atoms. The highest BCUT2D eigenvalue weighted by Crippen LogP contribution is 2.28. The van der Waals surface area contributed by atoms with E-state index >= 15 is 0 Å². The molecule has 0 spiro atoms. The van der Waals surface area contributed by atoms with Gasteiger partial charge in [-0.1, -0.05) is 27.5 Å². The summed E-state index contributed by atoms with van der Waals surface area (Å²) in [5.41, 5.74) is 0.0920. The minimum absolute atomic E-state index is 0.00174. The van der Waals surface area contributed by atoms with Crippen LogP contribution in [0.2, 0.25) is 5.02 Å². The quantitative estimate of drug-likeness (QED) is 0.383. The Balaban J connectivity index is 1.61. The molecule has 0 saturated carbocycles. The van der Waals surface area contributed by atoms with Crippen LogP contribution in [0.3, 0.4) is 0 Å². The molecule has 0 fully saturated rings. The molecule has 0 amide bonds. The van der Waals surface area contributed by atoms with Gasteiger partial charge in [-0.3, -0.25) is 4.79 Å². The van der Waals surface area contributed by atoms with E-state index in [1.165, 1.54) is 12.3 Å². The van der Waals surface area contributed by atoms with Crippen LogP contribution in [0.15, 0.2) is 51.5 Å². The molecule has 1 heterocycles. The lowest BCUT2D eigenvalue weighted by atomic mass is 10.2. The Kier molecular flexibility index (Phi) is 5.68. The van der Waals surface area contributed by atoms with Crippen molar-refractivity contribution in [2.24, 2.45) is 0 Å².